The number of para-hydroxylation sites is 1. The minimum atomic E-state index is -0.363. The van der Waals surface area contributed by atoms with Crippen LogP contribution in [0.15, 0.2) is 47.6 Å². The molecule has 1 amide bonds. The van der Waals surface area contributed by atoms with E-state index in [-0.39, 0.29) is 18.3 Å². The third kappa shape index (κ3) is 4.84. The summed E-state index contributed by atoms with van der Waals surface area (Å²) in [5.74, 6) is 0.763. The van der Waals surface area contributed by atoms with Crippen LogP contribution in [0.5, 0.6) is 11.5 Å². The van der Waals surface area contributed by atoms with Crippen LogP contribution in [0.4, 0.5) is 0 Å². The minimum absolute atomic E-state index is 0.105. The Bertz CT molecular complexity index is 739. The first-order chi connectivity index (χ1) is 11.5. The first-order valence-electron chi connectivity index (χ1n) is 7.80. The number of carbonyl (C=O) groups is 1. The molecule has 0 fully saturated rings. The highest BCUT2D eigenvalue weighted by atomic mass is 16.5. The van der Waals surface area contributed by atoms with Crippen LogP contribution in [-0.4, -0.2) is 23.8 Å². The molecule has 0 spiro atoms. The van der Waals surface area contributed by atoms with Crippen molar-refractivity contribution in [2.45, 2.75) is 26.7 Å². The van der Waals surface area contributed by atoms with Gasteiger partial charge in [-0.25, -0.2) is 5.43 Å². The molecule has 0 bridgehead atoms. The zero-order valence-electron chi connectivity index (χ0n) is 14.1. The maximum absolute atomic E-state index is 11.8. The van der Waals surface area contributed by atoms with Gasteiger partial charge in [0.25, 0.3) is 5.91 Å². The van der Waals surface area contributed by atoms with Crippen molar-refractivity contribution >= 4 is 12.1 Å². The molecule has 0 aliphatic carbocycles. The van der Waals surface area contributed by atoms with Crippen molar-refractivity contribution < 1.29 is 14.6 Å². The number of carbonyl (C=O) groups excluding carboxylic acids is 1. The Kier molecular flexibility index (Phi) is 5.95. The molecule has 5 nitrogen and oxygen atoms in total. The Hall–Kier alpha value is -2.82. The molecular weight excluding hydrogens is 304 g/mol. The maximum Gasteiger partial charge on any atom is 0.277 e. The maximum atomic E-state index is 11.8. The lowest BCUT2D eigenvalue weighted by Crippen LogP contribution is -2.25. The van der Waals surface area contributed by atoms with Crippen LogP contribution in [-0.2, 0) is 4.79 Å². The number of aromatic hydroxyl groups is 1. The van der Waals surface area contributed by atoms with Gasteiger partial charge in [0.05, 0.1) is 6.21 Å². The average Bonchev–Trinajstić information content (AvgIpc) is 2.54. The molecule has 2 N–H and O–H groups in total. The summed E-state index contributed by atoms with van der Waals surface area (Å²) in [6.45, 7) is 6.01. The Morgan fingerprint density at radius 2 is 2.04 bits per heavy atom. The fraction of sp³-hybridized carbons (Fsp3) is 0.263. The van der Waals surface area contributed by atoms with Gasteiger partial charge in [-0.2, -0.15) is 5.10 Å². The lowest BCUT2D eigenvalue weighted by atomic mass is 10.0. The van der Waals surface area contributed by atoms with E-state index in [4.69, 9.17) is 4.74 Å². The second kappa shape index (κ2) is 8.15. The van der Waals surface area contributed by atoms with E-state index in [1.54, 1.807) is 24.3 Å². The molecule has 0 heterocycles. The largest absolute Gasteiger partial charge is 0.507 e. The number of benzene rings is 2. The quantitative estimate of drug-likeness (QED) is 0.632. The number of amides is 1. The summed E-state index contributed by atoms with van der Waals surface area (Å²) >= 11 is 0. The summed E-state index contributed by atoms with van der Waals surface area (Å²) in [4.78, 5) is 11.8. The predicted octanol–water partition coefficient (Wildman–Crippen LogP) is 3.35. The number of hydrogen-bond donors (Lipinski definition) is 2. The van der Waals surface area contributed by atoms with Gasteiger partial charge >= 0.3 is 0 Å². The van der Waals surface area contributed by atoms with Crippen LogP contribution in [0.25, 0.3) is 0 Å². The van der Waals surface area contributed by atoms with E-state index in [1.165, 1.54) is 6.21 Å². The lowest BCUT2D eigenvalue weighted by molar-refractivity contribution is -0.123. The number of phenols is 1. The van der Waals surface area contributed by atoms with Crippen molar-refractivity contribution in [2.24, 2.45) is 5.10 Å². The molecule has 0 aromatic heterocycles. The Morgan fingerprint density at radius 1 is 1.29 bits per heavy atom. The number of phenolic OH excluding ortho intramolecular Hbond substituents is 1. The van der Waals surface area contributed by atoms with E-state index in [1.807, 2.05) is 25.1 Å². The van der Waals surface area contributed by atoms with Crippen molar-refractivity contribution in [3.05, 3.63) is 59.2 Å². The normalized spacial score (nSPS) is 11.0. The van der Waals surface area contributed by atoms with Crippen LogP contribution < -0.4 is 10.2 Å². The lowest BCUT2D eigenvalue weighted by Gasteiger charge is -2.14. The van der Waals surface area contributed by atoms with Gasteiger partial charge < -0.3 is 9.84 Å². The minimum Gasteiger partial charge on any atom is -0.507 e. The Balaban J connectivity index is 1.92. The molecule has 0 saturated carbocycles. The number of nitrogens with one attached hydrogen (secondary N) is 1. The van der Waals surface area contributed by atoms with E-state index >= 15 is 0 Å². The van der Waals surface area contributed by atoms with Gasteiger partial charge in [-0.05, 0) is 42.2 Å². The van der Waals surface area contributed by atoms with Gasteiger partial charge in [0.2, 0.25) is 0 Å². The van der Waals surface area contributed by atoms with Crippen LogP contribution in [0.3, 0.4) is 0 Å². The summed E-state index contributed by atoms with van der Waals surface area (Å²) in [6.07, 6.45) is 1.39. The fourth-order valence-electron chi connectivity index (χ4n) is 2.19. The first kappa shape index (κ1) is 17.5. The predicted molar refractivity (Wildman–Crippen MR) is 94.6 cm³/mol. The highest BCUT2D eigenvalue weighted by molar-refractivity contribution is 5.85. The molecule has 0 aliphatic heterocycles. The van der Waals surface area contributed by atoms with Gasteiger partial charge in [0.15, 0.2) is 6.61 Å². The van der Waals surface area contributed by atoms with E-state index < -0.39 is 0 Å². The Morgan fingerprint density at radius 3 is 2.75 bits per heavy atom. The second-order valence-electron chi connectivity index (χ2n) is 5.84. The van der Waals surface area contributed by atoms with Gasteiger partial charge in [0.1, 0.15) is 11.5 Å². The van der Waals surface area contributed by atoms with Crippen LogP contribution in [0, 0.1) is 6.92 Å². The molecule has 24 heavy (non-hydrogen) atoms. The van der Waals surface area contributed by atoms with Crippen molar-refractivity contribution in [3.8, 4) is 11.5 Å². The third-order valence-electron chi connectivity index (χ3n) is 3.48. The molecule has 0 radical (unpaired) electrons. The summed E-state index contributed by atoms with van der Waals surface area (Å²) in [5, 5.41) is 13.4. The number of nitrogens with zero attached hydrogens (tertiary/aromatic N) is 1. The third-order valence-corrected chi connectivity index (χ3v) is 3.48. The first-order valence-corrected chi connectivity index (χ1v) is 7.80. The summed E-state index contributed by atoms with van der Waals surface area (Å²) in [6, 6.07) is 12.7. The molecule has 0 aliphatic rings. The fourth-order valence-corrected chi connectivity index (χ4v) is 2.19. The number of aryl methyl sites for hydroxylation is 1. The molecule has 0 atom stereocenters. The van der Waals surface area contributed by atoms with Crippen molar-refractivity contribution in [1.82, 2.24) is 5.43 Å². The van der Waals surface area contributed by atoms with Gasteiger partial charge in [-0.15, -0.1) is 0 Å². The molecule has 5 heteroatoms. The molecule has 2 aromatic rings. The smallest absolute Gasteiger partial charge is 0.277 e. The van der Waals surface area contributed by atoms with E-state index in [0.717, 1.165) is 11.1 Å². The van der Waals surface area contributed by atoms with Crippen molar-refractivity contribution in [1.29, 1.82) is 0 Å². The van der Waals surface area contributed by atoms with Gasteiger partial charge in [0, 0.05) is 5.56 Å². The molecule has 2 rings (SSSR count). The number of rotatable bonds is 6. The Labute approximate surface area is 142 Å². The van der Waals surface area contributed by atoms with Gasteiger partial charge in [-0.1, -0.05) is 38.1 Å². The highest BCUT2D eigenvalue weighted by Gasteiger charge is 2.10. The monoisotopic (exact) mass is 326 g/mol. The molecule has 126 valence electrons. The summed E-state index contributed by atoms with van der Waals surface area (Å²) in [5.41, 5.74) is 5.05. The van der Waals surface area contributed by atoms with Crippen LogP contribution in [0.2, 0.25) is 0 Å². The van der Waals surface area contributed by atoms with Crippen LogP contribution in [0.1, 0.15) is 36.5 Å². The molecular formula is C19H22N2O3. The standard InChI is InChI=1S/C19H22N2O3/c1-13(2)16-9-8-14(3)10-18(16)24-12-19(23)21-20-11-15-6-4-5-7-17(15)22/h4-11,13,22H,12H2,1-3H3,(H,21,23). The number of ether oxygens (including phenoxy) is 1. The summed E-state index contributed by atoms with van der Waals surface area (Å²) < 4.78 is 5.63. The average molecular weight is 326 g/mol. The van der Waals surface area contributed by atoms with Crippen molar-refractivity contribution in [2.75, 3.05) is 6.61 Å². The molecule has 2 aromatic carbocycles. The van der Waals surface area contributed by atoms with Crippen LogP contribution >= 0.6 is 0 Å². The second-order valence-corrected chi connectivity index (χ2v) is 5.84. The van der Waals surface area contributed by atoms with Gasteiger partial charge in [-0.3, -0.25) is 4.79 Å². The molecule has 0 unspecified atom stereocenters. The highest BCUT2D eigenvalue weighted by Crippen LogP contribution is 2.27. The molecule has 0 saturated heterocycles. The van der Waals surface area contributed by atoms with E-state index in [9.17, 15) is 9.90 Å². The van der Waals surface area contributed by atoms with Crippen molar-refractivity contribution in [3.63, 3.8) is 0 Å². The SMILES string of the molecule is Cc1ccc(C(C)C)c(OCC(=O)NN=Cc2ccccc2O)c1. The van der Waals surface area contributed by atoms with E-state index in [2.05, 4.69) is 24.4 Å². The number of hydrogen-bond acceptors (Lipinski definition) is 4. The topological polar surface area (TPSA) is 70.9 Å². The summed E-state index contributed by atoms with van der Waals surface area (Å²) in [7, 11) is 0. The zero-order chi connectivity index (χ0) is 17.5. The number of hydrazone groups is 1. The zero-order valence-corrected chi connectivity index (χ0v) is 14.1. The van der Waals surface area contributed by atoms with E-state index in [0.29, 0.717) is 17.2 Å².